The Bertz CT molecular complexity index is 657. The van der Waals surface area contributed by atoms with Crippen molar-refractivity contribution in [2.24, 2.45) is 0 Å². The molecule has 0 saturated heterocycles. The van der Waals surface area contributed by atoms with E-state index in [-0.39, 0.29) is 0 Å². The van der Waals surface area contributed by atoms with Gasteiger partial charge in [-0.3, -0.25) is 0 Å². The van der Waals surface area contributed by atoms with E-state index in [4.69, 9.17) is 12.6 Å². The molecular formula is C18H19BrS2. The highest BCUT2D eigenvalue weighted by molar-refractivity contribution is 9.09. The maximum absolute atomic E-state index is 4.71. The average Bonchev–Trinajstić information content (AvgIpc) is 2.49. The average molecular weight is 379 g/mol. The SMILES string of the molecule is Cc1ccc(C)c(/C(S)=C(/S)c2ccc(CCBr)cc2)c1. The lowest BCUT2D eigenvalue weighted by Gasteiger charge is -2.11. The van der Waals surface area contributed by atoms with Gasteiger partial charge in [0, 0.05) is 15.1 Å². The molecule has 0 fully saturated rings. The third kappa shape index (κ3) is 4.18. The van der Waals surface area contributed by atoms with E-state index in [1.807, 2.05) is 0 Å². The van der Waals surface area contributed by atoms with Crippen molar-refractivity contribution in [2.45, 2.75) is 20.3 Å². The van der Waals surface area contributed by atoms with E-state index in [0.717, 1.165) is 32.7 Å². The molecule has 0 saturated carbocycles. The van der Waals surface area contributed by atoms with E-state index >= 15 is 0 Å². The smallest absolute Gasteiger partial charge is 0.0255 e. The summed E-state index contributed by atoms with van der Waals surface area (Å²) in [5.74, 6) is 0. The molecular weight excluding hydrogens is 360 g/mol. The van der Waals surface area contributed by atoms with Crippen LogP contribution in [0, 0.1) is 13.8 Å². The first-order valence-corrected chi connectivity index (χ1v) is 8.89. The fraction of sp³-hybridized carbons (Fsp3) is 0.222. The zero-order chi connectivity index (χ0) is 15.4. The summed E-state index contributed by atoms with van der Waals surface area (Å²) in [6.45, 7) is 4.20. The van der Waals surface area contributed by atoms with Crippen LogP contribution in [0.15, 0.2) is 42.5 Å². The molecule has 110 valence electrons. The van der Waals surface area contributed by atoms with Gasteiger partial charge in [0.15, 0.2) is 0 Å². The first kappa shape index (κ1) is 16.7. The Hall–Kier alpha value is -0.640. The molecule has 0 atom stereocenters. The molecule has 0 aliphatic rings. The summed E-state index contributed by atoms with van der Waals surface area (Å²) in [5.41, 5.74) is 6.02. The number of aryl methyl sites for hydroxylation is 3. The molecule has 0 aliphatic carbocycles. The molecule has 21 heavy (non-hydrogen) atoms. The summed E-state index contributed by atoms with van der Waals surface area (Å²) in [4.78, 5) is 1.84. The van der Waals surface area contributed by atoms with Crippen LogP contribution < -0.4 is 0 Å². The molecule has 0 nitrogen and oxygen atoms in total. The number of benzene rings is 2. The first-order valence-electron chi connectivity index (χ1n) is 6.88. The van der Waals surface area contributed by atoms with Crippen molar-refractivity contribution in [1.29, 1.82) is 0 Å². The highest BCUT2D eigenvalue weighted by Gasteiger charge is 2.08. The predicted molar refractivity (Wildman–Crippen MR) is 105 cm³/mol. The summed E-state index contributed by atoms with van der Waals surface area (Å²) in [6.07, 6.45) is 1.04. The van der Waals surface area contributed by atoms with Crippen molar-refractivity contribution in [3.63, 3.8) is 0 Å². The van der Waals surface area contributed by atoms with Gasteiger partial charge in [-0.05, 0) is 42.5 Å². The Kier molecular flexibility index (Phi) is 6.03. The second-order valence-electron chi connectivity index (χ2n) is 5.15. The van der Waals surface area contributed by atoms with Gasteiger partial charge in [-0.1, -0.05) is 64.0 Å². The minimum Gasteiger partial charge on any atom is -0.142 e. The van der Waals surface area contributed by atoms with Crippen LogP contribution in [0.5, 0.6) is 0 Å². The number of alkyl halides is 1. The molecule has 0 amide bonds. The number of thiol groups is 2. The second kappa shape index (κ2) is 7.57. The zero-order valence-corrected chi connectivity index (χ0v) is 15.6. The highest BCUT2D eigenvalue weighted by atomic mass is 79.9. The van der Waals surface area contributed by atoms with Crippen LogP contribution in [0.4, 0.5) is 0 Å². The summed E-state index contributed by atoms with van der Waals surface area (Å²) >= 11 is 12.9. The third-order valence-corrected chi connectivity index (χ3v) is 5.00. The molecule has 0 radical (unpaired) electrons. The van der Waals surface area contributed by atoms with Gasteiger partial charge in [0.1, 0.15) is 0 Å². The molecule has 0 aliphatic heterocycles. The Labute approximate surface area is 146 Å². The van der Waals surface area contributed by atoms with Gasteiger partial charge in [-0.2, -0.15) is 0 Å². The van der Waals surface area contributed by atoms with Crippen LogP contribution >= 0.6 is 41.2 Å². The Morgan fingerprint density at radius 1 is 0.952 bits per heavy atom. The zero-order valence-electron chi connectivity index (χ0n) is 12.2. The normalized spacial score (nSPS) is 12.2. The maximum atomic E-state index is 4.71. The topological polar surface area (TPSA) is 0 Å². The molecule has 0 aromatic heterocycles. The van der Waals surface area contributed by atoms with E-state index in [1.54, 1.807) is 0 Å². The van der Waals surface area contributed by atoms with Crippen molar-refractivity contribution in [3.8, 4) is 0 Å². The predicted octanol–water partition coefficient (Wildman–Crippen LogP) is 5.93. The molecule has 2 aromatic carbocycles. The lowest BCUT2D eigenvalue weighted by Crippen LogP contribution is -1.90. The Balaban J connectivity index is 2.39. The molecule has 0 unspecified atom stereocenters. The number of halogens is 1. The van der Waals surface area contributed by atoms with Gasteiger partial charge in [-0.25, -0.2) is 0 Å². The first-order chi connectivity index (χ1) is 10.0. The Morgan fingerprint density at radius 2 is 1.62 bits per heavy atom. The molecule has 0 N–H and O–H groups in total. The van der Waals surface area contributed by atoms with Crippen molar-refractivity contribution in [3.05, 3.63) is 70.3 Å². The van der Waals surface area contributed by atoms with Gasteiger partial charge in [0.25, 0.3) is 0 Å². The standard InChI is InChI=1S/C18H19BrS2/c1-12-3-4-13(2)16(11-12)18(21)17(20)15-7-5-14(6-8-15)9-10-19/h3-8,11,20-21H,9-10H2,1-2H3/b18-17-. The van der Waals surface area contributed by atoms with Crippen LogP contribution in [0.25, 0.3) is 9.81 Å². The minimum absolute atomic E-state index is 0.914. The van der Waals surface area contributed by atoms with Crippen LogP contribution in [0.1, 0.15) is 27.8 Å². The molecule has 0 spiro atoms. The van der Waals surface area contributed by atoms with Crippen molar-refractivity contribution < 1.29 is 0 Å². The summed E-state index contributed by atoms with van der Waals surface area (Å²) in [5, 5.41) is 0.982. The quantitative estimate of drug-likeness (QED) is 0.367. The molecule has 0 heterocycles. The third-order valence-electron chi connectivity index (χ3n) is 3.48. The van der Waals surface area contributed by atoms with E-state index in [9.17, 15) is 0 Å². The van der Waals surface area contributed by atoms with Crippen LogP contribution in [-0.2, 0) is 6.42 Å². The van der Waals surface area contributed by atoms with E-state index in [0.29, 0.717) is 0 Å². The number of hydrogen-bond donors (Lipinski definition) is 2. The van der Waals surface area contributed by atoms with Gasteiger partial charge in [0.2, 0.25) is 0 Å². The minimum atomic E-state index is 0.914. The molecule has 3 heteroatoms. The summed E-state index contributed by atoms with van der Waals surface area (Å²) in [7, 11) is 0. The molecule has 2 aromatic rings. The fourth-order valence-corrected chi connectivity index (χ4v) is 3.29. The summed E-state index contributed by atoms with van der Waals surface area (Å²) < 4.78 is 0. The number of rotatable bonds is 4. The van der Waals surface area contributed by atoms with Crippen molar-refractivity contribution >= 4 is 51.0 Å². The van der Waals surface area contributed by atoms with Gasteiger partial charge >= 0.3 is 0 Å². The van der Waals surface area contributed by atoms with Crippen LogP contribution in [0.3, 0.4) is 0 Å². The van der Waals surface area contributed by atoms with Crippen molar-refractivity contribution in [1.82, 2.24) is 0 Å². The van der Waals surface area contributed by atoms with Crippen LogP contribution in [-0.4, -0.2) is 5.33 Å². The van der Waals surface area contributed by atoms with Gasteiger partial charge < -0.3 is 0 Å². The second-order valence-corrected chi connectivity index (χ2v) is 6.84. The lowest BCUT2D eigenvalue weighted by atomic mass is 10.0. The molecule has 0 bridgehead atoms. The van der Waals surface area contributed by atoms with E-state index < -0.39 is 0 Å². The highest BCUT2D eigenvalue weighted by Crippen LogP contribution is 2.34. The van der Waals surface area contributed by atoms with Crippen LogP contribution in [0.2, 0.25) is 0 Å². The monoisotopic (exact) mass is 378 g/mol. The summed E-state index contributed by atoms with van der Waals surface area (Å²) in [6, 6.07) is 14.9. The lowest BCUT2D eigenvalue weighted by molar-refractivity contribution is 1.17. The Morgan fingerprint density at radius 3 is 2.24 bits per heavy atom. The van der Waals surface area contributed by atoms with Gasteiger partial charge in [0.05, 0.1) is 0 Å². The number of hydrogen-bond acceptors (Lipinski definition) is 2. The van der Waals surface area contributed by atoms with Gasteiger partial charge in [-0.15, -0.1) is 25.3 Å². The van der Waals surface area contributed by atoms with Crippen molar-refractivity contribution in [2.75, 3.05) is 5.33 Å². The van der Waals surface area contributed by atoms with E-state index in [1.165, 1.54) is 16.7 Å². The molecule has 2 rings (SSSR count). The van der Waals surface area contributed by atoms with E-state index in [2.05, 4.69) is 84.9 Å². The fourth-order valence-electron chi connectivity index (χ4n) is 2.19. The maximum Gasteiger partial charge on any atom is 0.0255 e. The largest absolute Gasteiger partial charge is 0.142 e.